The number of nitrogen functional groups attached to an aromatic ring is 1. The predicted octanol–water partition coefficient (Wildman–Crippen LogP) is 1.99. The Hall–Kier alpha value is -1.26. The van der Waals surface area contributed by atoms with Gasteiger partial charge in [0, 0.05) is 19.1 Å². The highest BCUT2D eigenvalue weighted by molar-refractivity contribution is 6.36. The van der Waals surface area contributed by atoms with Gasteiger partial charge in [-0.25, -0.2) is 0 Å². The quantitative estimate of drug-likeness (QED) is 0.804. The van der Waals surface area contributed by atoms with E-state index in [0.717, 1.165) is 6.54 Å². The molecular formula is C13H20ClN3O. The molecule has 100 valence electrons. The first-order valence-electron chi connectivity index (χ1n) is 5.96. The van der Waals surface area contributed by atoms with E-state index >= 15 is 0 Å². The van der Waals surface area contributed by atoms with Crippen molar-refractivity contribution in [2.24, 2.45) is 0 Å². The van der Waals surface area contributed by atoms with Crippen molar-refractivity contribution in [3.63, 3.8) is 0 Å². The van der Waals surface area contributed by atoms with Crippen LogP contribution in [-0.2, 0) is 0 Å². The fraction of sp³-hybridized carbons (Fsp3) is 0.462. The van der Waals surface area contributed by atoms with Gasteiger partial charge in [0.25, 0.3) is 5.91 Å². The van der Waals surface area contributed by atoms with Crippen LogP contribution in [0.2, 0.25) is 5.02 Å². The smallest absolute Gasteiger partial charge is 0.252 e. The van der Waals surface area contributed by atoms with Crippen LogP contribution in [0.1, 0.15) is 24.2 Å². The van der Waals surface area contributed by atoms with Gasteiger partial charge in [-0.05, 0) is 33.0 Å². The van der Waals surface area contributed by atoms with Gasteiger partial charge < -0.3 is 16.0 Å². The summed E-state index contributed by atoms with van der Waals surface area (Å²) >= 11 is 5.98. The van der Waals surface area contributed by atoms with E-state index in [2.05, 4.69) is 24.1 Å². The second-order valence-corrected chi connectivity index (χ2v) is 4.92. The van der Waals surface area contributed by atoms with Crippen molar-refractivity contribution >= 4 is 23.2 Å². The van der Waals surface area contributed by atoms with Gasteiger partial charge in [0.15, 0.2) is 0 Å². The predicted molar refractivity (Wildman–Crippen MR) is 76.0 cm³/mol. The van der Waals surface area contributed by atoms with E-state index in [-0.39, 0.29) is 5.91 Å². The molecule has 0 spiro atoms. The van der Waals surface area contributed by atoms with Gasteiger partial charge in [0.05, 0.1) is 16.3 Å². The molecule has 0 atom stereocenters. The number of hydrogen-bond acceptors (Lipinski definition) is 3. The molecule has 1 rings (SSSR count). The van der Waals surface area contributed by atoms with Gasteiger partial charge in [0.1, 0.15) is 0 Å². The van der Waals surface area contributed by atoms with Crippen LogP contribution in [0.4, 0.5) is 5.69 Å². The number of nitrogens with one attached hydrogen (secondary N) is 1. The van der Waals surface area contributed by atoms with Crippen LogP contribution in [0.25, 0.3) is 0 Å². The second-order valence-electron chi connectivity index (χ2n) is 4.54. The minimum Gasteiger partial charge on any atom is -0.398 e. The lowest BCUT2D eigenvalue weighted by atomic mass is 10.2. The molecule has 0 aliphatic rings. The van der Waals surface area contributed by atoms with Gasteiger partial charge in [-0.3, -0.25) is 4.79 Å². The van der Waals surface area contributed by atoms with Crippen molar-refractivity contribution < 1.29 is 4.79 Å². The minimum atomic E-state index is -0.190. The summed E-state index contributed by atoms with van der Waals surface area (Å²) in [5, 5.41) is 3.14. The Morgan fingerprint density at radius 1 is 1.50 bits per heavy atom. The zero-order chi connectivity index (χ0) is 13.7. The normalized spacial score (nSPS) is 11.0. The average Bonchev–Trinajstić information content (AvgIpc) is 2.32. The van der Waals surface area contributed by atoms with Gasteiger partial charge in [-0.15, -0.1) is 0 Å². The van der Waals surface area contributed by atoms with Gasteiger partial charge in [0.2, 0.25) is 0 Å². The molecule has 3 N–H and O–H groups in total. The van der Waals surface area contributed by atoms with Crippen LogP contribution >= 0.6 is 11.6 Å². The summed E-state index contributed by atoms with van der Waals surface area (Å²) in [7, 11) is 2.02. The SMILES string of the molecule is CC(C)N(C)CCNC(=O)c1cccc(N)c1Cl. The van der Waals surface area contributed by atoms with Crippen LogP contribution in [0.5, 0.6) is 0 Å². The summed E-state index contributed by atoms with van der Waals surface area (Å²) in [6, 6.07) is 5.51. The van der Waals surface area contributed by atoms with E-state index < -0.39 is 0 Å². The highest BCUT2D eigenvalue weighted by Crippen LogP contribution is 2.22. The number of anilines is 1. The van der Waals surface area contributed by atoms with Crippen molar-refractivity contribution in [1.82, 2.24) is 10.2 Å². The Labute approximate surface area is 113 Å². The zero-order valence-corrected chi connectivity index (χ0v) is 11.8. The number of amides is 1. The third kappa shape index (κ3) is 3.89. The van der Waals surface area contributed by atoms with Crippen molar-refractivity contribution in [2.75, 3.05) is 25.9 Å². The molecule has 0 heterocycles. The van der Waals surface area contributed by atoms with Crippen molar-refractivity contribution in [3.8, 4) is 0 Å². The fourth-order valence-corrected chi connectivity index (χ4v) is 1.64. The summed E-state index contributed by atoms with van der Waals surface area (Å²) in [4.78, 5) is 14.1. The van der Waals surface area contributed by atoms with Gasteiger partial charge >= 0.3 is 0 Å². The third-order valence-corrected chi connectivity index (χ3v) is 3.33. The largest absolute Gasteiger partial charge is 0.398 e. The number of nitrogens with zero attached hydrogens (tertiary/aromatic N) is 1. The van der Waals surface area contributed by atoms with E-state index in [0.29, 0.717) is 28.9 Å². The molecule has 0 fully saturated rings. The first-order valence-corrected chi connectivity index (χ1v) is 6.33. The van der Waals surface area contributed by atoms with Gasteiger partial charge in [-0.1, -0.05) is 17.7 Å². The first-order chi connectivity index (χ1) is 8.43. The molecule has 0 saturated carbocycles. The maximum absolute atomic E-state index is 11.9. The van der Waals surface area contributed by atoms with Crippen LogP contribution < -0.4 is 11.1 Å². The summed E-state index contributed by atoms with van der Waals surface area (Å²) in [5.41, 5.74) is 6.50. The maximum atomic E-state index is 11.9. The standard InChI is InChI=1S/C13H20ClN3O/c1-9(2)17(3)8-7-16-13(18)10-5-4-6-11(15)12(10)14/h4-6,9H,7-8,15H2,1-3H3,(H,16,18). The van der Waals surface area contributed by atoms with Crippen LogP contribution in [0, 0.1) is 0 Å². The molecule has 0 bridgehead atoms. The molecule has 0 aromatic heterocycles. The van der Waals surface area contributed by atoms with Crippen LogP contribution in [0.3, 0.4) is 0 Å². The number of nitrogens with two attached hydrogens (primary N) is 1. The third-order valence-electron chi connectivity index (χ3n) is 2.90. The minimum absolute atomic E-state index is 0.190. The van der Waals surface area contributed by atoms with E-state index in [9.17, 15) is 4.79 Å². The maximum Gasteiger partial charge on any atom is 0.252 e. The number of carbonyl (C=O) groups excluding carboxylic acids is 1. The molecule has 0 aliphatic heterocycles. The average molecular weight is 270 g/mol. The van der Waals surface area contributed by atoms with E-state index in [1.807, 2.05) is 7.05 Å². The number of halogens is 1. The lowest BCUT2D eigenvalue weighted by molar-refractivity contribution is 0.0948. The monoisotopic (exact) mass is 269 g/mol. The molecular weight excluding hydrogens is 250 g/mol. The Balaban J connectivity index is 2.54. The lowest BCUT2D eigenvalue weighted by Crippen LogP contribution is -2.36. The first kappa shape index (κ1) is 14.8. The number of likely N-dealkylation sites (N-methyl/N-ethyl adjacent to an activating group) is 1. The topological polar surface area (TPSA) is 58.4 Å². The van der Waals surface area contributed by atoms with Crippen molar-refractivity contribution in [2.45, 2.75) is 19.9 Å². The van der Waals surface area contributed by atoms with E-state index in [4.69, 9.17) is 17.3 Å². The van der Waals surface area contributed by atoms with Crippen molar-refractivity contribution in [3.05, 3.63) is 28.8 Å². The molecule has 4 nitrogen and oxygen atoms in total. The van der Waals surface area contributed by atoms with E-state index in [1.54, 1.807) is 18.2 Å². The highest BCUT2D eigenvalue weighted by Gasteiger charge is 2.12. The van der Waals surface area contributed by atoms with Crippen LogP contribution in [0.15, 0.2) is 18.2 Å². The van der Waals surface area contributed by atoms with E-state index in [1.165, 1.54) is 0 Å². The Kier molecular flexibility index (Phi) is 5.44. The van der Waals surface area contributed by atoms with Crippen molar-refractivity contribution in [1.29, 1.82) is 0 Å². The molecule has 18 heavy (non-hydrogen) atoms. The van der Waals surface area contributed by atoms with Gasteiger partial charge in [-0.2, -0.15) is 0 Å². The highest BCUT2D eigenvalue weighted by atomic mass is 35.5. The molecule has 0 aliphatic carbocycles. The molecule has 1 amide bonds. The number of hydrogen-bond donors (Lipinski definition) is 2. The summed E-state index contributed by atoms with van der Waals surface area (Å²) in [6.07, 6.45) is 0. The molecule has 1 aromatic rings. The number of rotatable bonds is 5. The Morgan fingerprint density at radius 3 is 2.78 bits per heavy atom. The molecule has 0 unspecified atom stereocenters. The molecule has 1 aromatic carbocycles. The molecule has 5 heteroatoms. The number of carbonyl (C=O) groups is 1. The molecule has 0 radical (unpaired) electrons. The summed E-state index contributed by atoms with van der Waals surface area (Å²) < 4.78 is 0. The Morgan fingerprint density at radius 2 is 2.17 bits per heavy atom. The zero-order valence-electron chi connectivity index (χ0n) is 11.0. The fourth-order valence-electron chi connectivity index (χ4n) is 1.42. The number of benzene rings is 1. The lowest BCUT2D eigenvalue weighted by Gasteiger charge is -2.21. The summed E-state index contributed by atoms with van der Waals surface area (Å²) in [6.45, 7) is 5.59. The molecule has 0 saturated heterocycles. The second kappa shape index (κ2) is 6.61. The summed E-state index contributed by atoms with van der Waals surface area (Å²) in [5.74, 6) is -0.190. The van der Waals surface area contributed by atoms with Crippen LogP contribution in [-0.4, -0.2) is 37.0 Å². The Bertz CT molecular complexity index is 421.